The summed E-state index contributed by atoms with van der Waals surface area (Å²) in [4.78, 5) is 32.8. The highest BCUT2D eigenvalue weighted by molar-refractivity contribution is 6.02. The van der Waals surface area contributed by atoms with Crippen molar-refractivity contribution in [2.75, 3.05) is 0 Å². The van der Waals surface area contributed by atoms with Crippen LogP contribution in [-0.4, -0.2) is 21.9 Å². The second-order valence-electron chi connectivity index (χ2n) is 9.02. The zero-order valence-electron chi connectivity index (χ0n) is 20.4. The van der Waals surface area contributed by atoms with Gasteiger partial charge in [-0.05, 0) is 35.4 Å². The van der Waals surface area contributed by atoms with E-state index in [-0.39, 0.29) is 24.8 Å². The van der Waals surface area contributed by atoms with Gasteiger partial charge >= 0.3 is 11.9 Å². The van der Waals surface area contributed by atoms with E-state index in [1.165, 1.54) is 0 Å². The maximum atomic E-state index is 13.0. The second-order valence-corrected chi connectivity index (χ2v) is 9.02. The number of hydrogen-bond acceptors (Lipinski definition) is 4. The number of H-pyrrole nitrogens is 2. The molecule has 0 aliphatic carbocycles. The Hall–Kier alpha value is -5.10. The number of rotatable bonds is 7. The van der Waals surface area contributed by atoms with Crippen LogP contribution in [0.15, 0.2) is 109 Å². The molecule has 0 bridgehead atoms. The van der Waals surface area contributed by atoms with Gasteiger partial charge in [-0.15, -0.1) is 0 Å². The standard InChI is InChI=1S/C32H24N2O4/c35-27(19-21-11-3-1-4-12-21)37-31-23-15-7-9-17-25(23)33-29(31)30-32(24-16-8-10-18-26(24)34-30)38-28(36)20-22-13-5-2-6-14-22/h1-18,33-34H,19-20H2. The van der Waals surface area contributed by atoms with E-state index in [0.717, 1.165) is 32.9 Å². The van der Waals surface area contributed by atoms with E-state index in [4.69, 9.17) is 9.47 Å². The Morgan fingerprint density at radius 1 is 0.500 bits per heavy atom. The molecule has 0 unspecified atom stereocenters. The zero-order chi connectivity index (χ0) is 25.9. The Kier molecular flexibility index (Phi) is 6.20. The molecule has 186 valence electrons. The van der Waals surface area contributed by atoms with E-state index in [1.54, 1.807) is 0 Å². The molecule has 6 rings (SSSR count). The van der Waals surface area contributed by atoms with Gasteiger partial charge in [-0.25, -0.2) is 0 Å². The highest BCUT2D eigenvalue weighted by atomic mass is 16.5. The molecule has 2 aromatic heterocycles. The van der Waals surface area contributed by atoms with Crippen LogP contribution >= 0.6 is 0 Å². The number of nitrogens with one attached hydrogen (secondary N) is 2. The van der Waals surface area contributed by atoms with E-state index in [1.807, 2.05) is 109 Å². The molecule has 38 heavy (non-hydrogen) atoms. The predicted octanol–water partition coefficient (Wildman–Crippen LogP) is 6.61. The van der Waals surface area contributed by atoms with E-state index >= 15 is 0 Å². The quantitative estimate of drug-likeness (QED) is 0.242. The molecule has 4 aromatic carbocycles. The third kappa shape index (κ3) is 4.67. The summed E-state index contributed by atoms with van der Waals surface area (Å²) >= 11 is 0. The molecule has 0 amide bonds. The molecule has 6 nitrogen and oxygen atoms in total. The van der Waals surface area contributed by atoms with Crippen LogP contribution in [0.3, 0.4) is 0 Å². The summed E-state index contributed by atoms with van der Waals surface area (Å²) < 4.78 is 12.0. The average molecular weight is 501 g/mol. The summed E-state index contributed by atoms with van der Waals surface area (Å²) in [6.07, 6.45) is 0.261. The zero-order valence-corrected chi connectivity index (χ0v) is 20.4. The predicted molar refractivity (Wildman–Crippen MR) is 147 cm³/mol. The molecule has 0 atom stereocenters. The fourth-order valence-corrected chi connectivity index (χ4v) is 4.62. The molecular weight excluding hydrogens is 476 g/mol. The van der Waals surface area contributed by atoms with Crippen LogP contribution in [0, 0.1) is 0 Å². The maximum Gasteiger partial charge on any atom is 0.315 e. The summed E-state index contributed by atoms with van der Waals surface area (Å²) in [6.45, 7) is 0. The first kappa shape index (κ1) is 23.3. The third-order valence-corrected chi connectivity index (χ3v) is 6.38. The van der Waals surface area contributed by atoms with Gasteiger partial charge < -0.3 is 19.4 Å². The molecule has 0 saturated carbocycles. The molecule has 0 fully saturated rings. The van der Waals surface area contributed by atoms with Gasteiger partial charge in [0.05, 0.1) is 12.8 Å². The maximum absolute atomic E-state index is 13.0. The van der Waals surface area contributed by atoms with E-state index in [2.05, 4.69) is 9.97 Å². The molecule has 2 N–H and O–H groups in total. The number of para-hydroxylation sites is 2. The van der Waals surface area contributed by atoms with Gasteiger partial charge in [0.2, 0.25) is 0 Å². The highest BCUT2D eigenvalue weighted by Crippen LogP contribution is 2.44. The van der Waals surface area contributed by atoms with Crippen molar-refractivity contribution in [3.63, 3.8) is 0 Å². The number of hydrogen-bond donors (Lipinski definition) is 2. The van der Waals surface area contributed by atoms with Crippen molar-refractivity contribution in [3.8, 4) is 22.9 Å². The lowest BCUT2D eigenvalue weighted by atomic mass is 10.1. The van der Waals surface area contributed by atoms with Gasteiger partial charge in [-0.3, -0.25) is 9.59 Å². The minimum atomic E-state index is -0.388. The first-order valence-corrected chi connectivity index (χ1v) is 12.4. The van der Waals surface area contributed by atoms with Gasteiger partial charge in [0.15, 0.2) is 11.5 Å². The Balaban J connectivity index is 1.41. The average Bonchev–Trinajstić information content (AvgIpc) is 3.48. The Bertz CT molecular complexity index is 1620. The summed E-state index contributed by atoms with van der Waals surface area (Å²) in [7, 11) is 0. The minimum Gasteiger partial charge on any atom is -0.423 e. The molecule has 0 aliphatic heterocycles. The molecule has 0 aliphatic rings. The van der Waals surface area contributed by atoms with Crippen LogP contribution in [-0.2, 0) is 22.4 Å². The molecular formula is C32H24N2O4. The van der Waals surface area contributed by atoms with Gasteiger partial charge in [0.25, 0.3) is 0 Å². The van der Waals surface area contributed by atoms with Crippen molar-refractivity contribution in [2.45, 2.75) is 12.8 Å². The molecule has 0 spiro atoms. The smallest absolute Gasteiger partial charge is 0.315 e. The van der Waals surface area contributed by atoms with Gasteiger partial charge in [0, 0.05) is 21.8 Å². The highest BCUT2D eigenvalue weighted by Gasteiger charge is 2.25. The van der Waals surface area contributed by atoms with Gasteiger partial charge in [-0.2, -0.15) is 0 Å². The summed E-state index contributed by atoms with van der Waals surface area (Å²) in [6, 6.07) is 34.1. The summed E-state index contributed by atoms with van der Waals surface area (Å²) in [5.41, 5.74) is 4.38. The number of aromatic amines is 2. The number of benzene rings is 4. The van der Waals surface area contributed by atoms with Crippen molar-refractivity contribution in [2.24, 2.45) is 0 Å². The normalized spacial score (nSPS) is 11.1. The third-order valence-electron chi connectivity index (χ3n) is 6.38. The summed E-state index contributed by atoms with van der Waals surface area (Å²) in [5, 5.41) is 1.51. The fraction of sp³-hybridized carbons (Fsp3) is 0.0625. The van der Waals surface area contributed by atoms with E-state index in [9.17, 15) is 9.59 Å². The monoisotopic (exact) mass is 500 g/mol. The van der Waals surface area contributed by atoms with E-state index < -0.39 is 0 Å². The molecule has 6 heteroatoms. The largest absolute Gasteiger partial charge is 0.423 e. The molecule has 0 radical (unpaired) electrons. The van der Waals surface area contributed by atoms with Gasteiger partial charge in [0.1, 0.15) is 11.4 Å². The van der Waals surface area contributed by atoms with Crippen LogP contribution in [0.5, 0.6) is 11.5 Å². The first-order valence-electron chi connectivity index (χ1n) is 12.4. The second kappa shape index (κ2) is 10.1. The van der Waals surface area contributed by atoms with Crippen LogP contribution in [0.2, 0.25) is 0 Å². The Morgan fingerprint density at radius 3 is 1.29 bits per heavy atom. The summed E-state index contributed by atoms with van der Waals surface area (Å²) in [5.74, 6) is -0.0104. The number of esters is 2. The number of carbonyl (C=O) groups excluding carboxylic acids is 2. The Morgan fingerprint density at radius 2 is 0.868 bits per heavy atom. The molecule has 2 heterocycles. The minimum absolute atomic E-state index is 0.130. The van der Waals surface area contributed by atoms with E-state index in [0.29, 0.717) is 22.9 Å². The SMILES string of the molecule is O=C(Cc1ccccc1)Oc1c(-c2[nH]c3ccccc3c2OC(=O)Cc2ccccc2)[nH]c2ccccc12. The van der Waals surface area contributed by atoms with Gasteiger partial charge in [-0.1, -0.05) is 84.9 Å². The topological polar surface area (TPSA) is 84.2 Å². The van der Waals surface area contributed by atoms with Crippen LogP contribution < -0.4 is 9.47 Å². The number of ether oxygens (including phenoxy) is 2. The Labute approximate surface area is 218 Å². The molecule has 0 saturated heterocycles. The lowest BCUT2D eigenvalue weighted by molar-refractivity contribution is -0.134. The van der Waals surface area contributed by atoms with Crippen LogP contribution in [0.25, 0.3) is 33.2 Å². The fourth-order valence-electron chi connectivity index (χ4n) is 4.62. The van der Waals surface area contributed by atoms with Crippen LogP contribution in [0.4, 0.5) is 0 Å². The number of aromatic nitrogens is 2. The van der Waals surface area contributed by atoms with Crippen molar-refractivity contribution in [1.82, 2.24) is 9.97 Å². The molecule has 6 aromatic rings. The number of carbonyl (C=O) groups is 2. The first-order chi connectivity index (χ1) is 18.7. The number of fused-ring (bicyclic) bond motifs is 2. The lowest BCUT2D eigenvalue weighted by Crippen LogP contribution is -2.12. The lowest BCUT2D eigenvalue weighted by Gasteiger charge is -2.09. The van der Waals surface area contributed by atoms with Crippen molar-refractivity contribution in [1.29, 1.82) is 0 Å². The van der Waals surface area contributed by atoms with Crippen molar-refractivity contribution in [3.05, 3.63) is 120 Å². The van der Waals surface area contributed by atoms with Crippen molar-refractivity contribution >= 4 is 33.7 Å². The van der Waals surface area contributed by atoms with Crippen LogP contribution in [0.1, 0.15) is 11.1 Å². The van der Waals surface area contributed by atoms with Crippen molar-refractivity contribution < 1.29 is 19.1 Å².